The normalized spacial score (nSPS) is 11.5. The van der Waals surface area contributed by atoms with E-state index in [9.17, 15) is 17.6 Å². The van der Waals surface area contributed by atoms with Crippen LogP contribution in [0.15, 0.2) is 77.7 Å². The molecule has 0 radical (unpaired) electrons. The van der Waals surface area contributed by atoms with Gasteiger partial charge in [-0.2, -0.15) is 0 Å². The maximum absolute atomic E-state index is 13.2. The van der Waals surface area contributed by atoms with Crippen LogP contribution in [0.25, 0.3) is 10.1 Å². The number of rotatable bonds is 5. The Bertz CT molecular complexity index is 1380. The Labute approximate surface area is 183 Å². The SMILES string of the molecule is Cc1cccc(NC(=O)c2cc3cc(N(C)S(=O)(=O)c4ccc(F)cc4)ccc3s2)c1. The quantitative estimate of drug-likeness (QED) is 0.438. The van der Waals surface area contributed by atoms with Gasteiger partial charge >= 0.3 is 0 Å². The zero-order chi connectivity index (χ0) is 22.2. The molecule has 1 N–H and O–H groups in total. The largest absolute Gasteiger partial charge is 0.321 e. The molecule has 1 aromatic heterocycles. The van der Waals surface area contributed by atoms with Crippen molar-refractivity contribution < 1.29 is 17.6 Å². The van der Waals surface area contributed by atoms with Crippen LogP contribution in [0, 0.1) is 12.7 Å². The maximum Gasteiger partial charge on any atom is 0.265 e. The summed E-state index contributed by atoms with van der Waals surface area (Å²) >= 11 is 1.33. The van der Waals surface area contributed by atoms with Gasteiger partial charge in [0.25, 0.3) is 15.9 Å². The summed E-state index contributed by atoms with van der Waals surface area (Å²) in [5.74, 6) is -0.724. The summed E-state index contributed by atoms with van der Waals surface area (Å²) in [6, 6.07) is 19.2. The number of aryl methyl sites for hydroxylation is 1. The lowest BCUT2D eigenvalue weighted by Crippen LogP contribution is -2.26. The van der Waals surface area contributed by atoms with E-state index < -0.39 is 15.8 Å². The fourth-order valence-electron chi connectivity index (χ4n) is 3.16. The number of amides is 1. The number of carbonyl (C=O) groups is 1. The summed E-state index contributed by atoms with van der Waals surface area (Å²) in [5, 5.41) is 3.64. The van der Waals surface area contributed by atoms with Crippen LogP contribution in [0.4, 0.5) is 15.8 Å². The number of benzene rings is 3. The van der Waals surface area contributed by atoms with Crippen molar-refractivity contribution in [3.63, 3.8) is 0 Å². The lowest BCUT2D eigenvalue weighted by molar-refractivity contribution is 0.103. The van der Waals surface area contributed by atoms with E-state index in [2.05, 4.69) is 5.32 Å². The lowest BCUT2D eigenvalue weighted by Gasteiger charge is -2.19. The summed E-state index contributed by atoms with van der Waals surface area (Å²) in [6.45, 7) is 1.95. The highest BCUT2D eigenvalue weighted by molar-refractivity contribution is 7.92. The Kier molecular flexibility index (Phi) is 5.51. The minimum atomic E-state index is -3.84. The highest BCUT2D eigenvalue weighted by atomic mass is 32.2. The van der Waals surface area contributed by atoms with Gasteiger partial charge in [0.2, 0.25) is 0 Å². The van der Waals surface area contributed by atoms with Gasteiger partial charge in [0.15, 0.2) is 0 Å². The first-order valence-corrected chi connectivity index (χ1v) is 11.7. The molecule has 4 rings (SSSR count). The second-order valence-electron chi connectivity index (χ2n) is 7.08. The van der Waals surface area contributed by atoms with Gasteiger partial charge in [-0.05, 0) is 78.5 Å². The number of anilines is 2. The Morgan fingerprint density at radius 1 is 1.00 bits per heavy atom. The molecule has 0 saturated carbocycles. The van der Waals surface area contributed by atoms with E-state index in [-0.39, 0.29) is 10.8 Å². The van der Waals surface area contributed by atoms with Gasteiger partial charge in [-0.1, -0.05) is 12.1 Å². The van der Waals surface area contributed by atoms with Crippen molar-refractivity contribution in [1.82, 2.24) is 0 Å². The van der Waals surface area contributed by atoms with Crippen LogP contribution in [-0.4, -0.2) is 21.4 Å². The van der Waals surface area contributed by atoms with E-state index in [1.807, 2.05) is 31.2 Å². The van der Waals surface area contributed by atoms with E-state index >= 15 is 0 Å². The van der Waals surface area contributed by atoms with E-state index in [4.69, 9.17) is 0 Å². The molecule has 0 aliphatic rings. The maximum atomic E-state index is 13.2. The fraction of sp³-hybridized carbons (Fsp3) is 0.0870. The van der Waals surface area contributed by atoms with Crippen molar-refractivity contribution in [2.45, 2.75) is 11.8 Å². The summed E-state index contributed by atoms with van der Waals surface area (Å²) in [5.41, 5.74) is 2.21. The average molecular weight is 455 g/mol. The third kappa shape index (κ3) is 4.30. The number of thiophene rings is 1. The molecular formula is C23H19FN2O3S2. The number of nitrogens with one attached hydrogen (secondary N) is 1. The van der Waals surface area contributed by atoms with Crippen LogP contribution in [0.1, 0.15) is 15.2 Å². The summed E-state index contributed by atoms with van der Waals surface area (Å²) in [4.78, 5) is 13.2. The average Bonchev–Trinajstić information content (AvgIpc) is 3.17. The van der Waals surface area contributed by atoms with Crippen molar-refractivity contribution >= 4 is 48.7 Å². The summed E-state index contributed by atoms with van der Waals surface area (Å²) < 4.78 is 40.9. The standard InChI is InChI=1S/C23H19FN2O3S2/c1-15-4-3-5-18(12-15)25-23(27)22-14-16-13-19(8-11-21(16)30-22)26(2)31(28,29)20-9-6-17(24)7-10-20/h3-14H,1-2H3,(H,25,27). The highest BCUT2D eigenvalue weighted by Gasteiger charge is 2.22. The number of nitrogens with zero attached hydrogens (tertiary/aromatic N) is 1. The van der Waals surface area contributed by atoms with Gasteiger partial charge in [-0.15, -0.1) is 11.3 Å². The zero-order valence-electron chi connectivity index (χ0n) is 16.8. The Morgan fingerprint density at radius 2 is 1.74 bits per heavy atom. The van der Waals surface area contributed by atoms with Crippen molar-refractivity contribution in [3.05, 3.63) is 89.1 Å². The van der Waals surface area contributed by atoms with Gasteiger partial charge in [0.05, 0.1) is 15.5 Å². The number of sulfonamides is 1. The molecule has 0 aliphatic carbocycles. The molecule has 1 heterocycles. The first-order chi connectivity index (χ1) is 14.7. The third-order valence-corrected chi connectivity index (χ3v) is 7.75. The molecule has 0 fully saturated rings. The smallest absolute Gasteiger partial charge is 0.265 e. The van der Waals surface area contributed by atoms with E-state index in [0.29, 0.717) is 16.3 Å². The van der Waals surface area contributed by atoms with E-state index in [0.717, 1.165) is 32.1 Å². The highest BCUT2D eigenvalue weighted by Crippen LogP contribution is 2.31. The van der Waals surface area contributed by atoms with Crippen LogP contribution >= 0.6 is 11.3 Å². The first kappa shape index (κ1) is 21.0. The molecule has 1 amide bonds. The van der Waals surface area contributed by atoms with Gasteiger partial charge in [-0.25, -0.2) is 12.8 Å². The van der Waals surface area contributed by atoms with Crippen molar-refractivity contribution in [2.75, 3.05) is 16.7 Å². The predicted molar refractivity (Wildman–Crippen MR) is 123 cm³/mol. The molecule has 4 aromatic rings. The van der Waals surface area contributed by atoms with E-state index in [1.54, 1.807) is 24.3 Å². The molecule has 0 bridgehead atoms. The lowest BCUT2D eigenvalue weighted by atomic mass is 10.2. The van der Waals surface area contributed by atoms with Crippen LogP contribution in [0.3, 0.4) is 0 Å². The van der Waals surface area contributed by atoms with Crippen LogP contribution in [-0.2, 0) is 10.0 Å². The molecule has 0 spiro atoms. The molecule has 0 unspecified atom stereocenters. The molecule has 31 heavy (non-hydrogen) atoms. The van der Waals surface area contributed by atoms with Gasteiger partial charge in [0, 0.05) is 17.4 Å². The van der Waals surface area contributed by atoms with Crippen molar-refractivity contribution in [2.24, 2.45) is 0 Å². The second-order valence-corrected chi connectivity index (χ2v) is 10.1. The monoisotopic (exact) mass is 454 g/mol. The molecule has 0 saturated heterocycles. The van der Waals surface area contributed by atoms with Crippen LogP contribution < -0.4 is 9.62 Å². The number of hydrogen-bond donors (Lipinski definition) is 1. The molecule has 8 heteroatoms. The molecule has 158 valence electrons. The van der Waals surface area contributed by atoms with Crippen LogP contribution in [0.2, 0.25) is 0 Å². The minimum Gasteiger partial charge on any atom is -0.321 e. The number of fused-ring (bicyclic) bond motifs is 1. The number of halogens is 1. The summed E-state index contributed by atoms with van der Waals surface area (Å²) in [7, 11) is -2.40. The molecule has 0 aliphatic heterocycles. The summed E-state index contributed by atoms with van der Waals surface area (Å²) in [6.07, 6.45) is 0. The van der Waals surface area contributed by atoms with Gasteiger partial charge in [0.1, 0.15) is 5.82 Å². The Balaban J connectivity index is 1.61. The topological polar surface area (TPSA) is 66.5 Å². The predicted octanol–water partition coefficient (Wildman–Crippen LogP) is 5.43. The number of hydrogen-bond acceptors (Lipinski definition) is 4. The minimum absolute atomic E-state index is 0.0000342. The van der Waals surface area contributed by atoms with E-state index in [1.165, 1.54) is 30.5 Å². The molecule has 5 nitrogen and oxygen atoms in total. The molecular weight excluding hydrogens is 435 g/mol. The molecule has 0 atom stereocenters. The zero-order valence-corrected chi connectivity index (χ0v) is 18.4. The van der Waals surface area contributed by atoms with Crippen molar-refractivity contribution in [3.8, 4) is 0 Å². The Morgan fingerprint density at radius 3 is 2.45 bits per heavy atom. The third-order valence-electron chi connectivity index (χ3n) is 4.84. The first-order valence-electron chi connectivity index (χ1n) is 9.40. The van der Waals surface area contributed by atoms with Gasteiger partial charge in [-0.3, -0.25) is 9.10 Å². The second kappa shape index (κ2) is 8.13. The van der Waals surface area contributed by atoms with Gasteiger partial charge < -0.3 is 5.32 Å². The Hall–Kier alpha value is -3.23. The van der Waals surface area contributed by atoms with Crippen molar-refractivity contribution in [1.29, 1.82) is 0 Å². The number of carbonyl (C=O) groups excluding carboxylic acids is 1. The van der Waals surface area contributed by atoms with Crippen LogP contribution in [0.5, 0.6) is 0 Å². The fourth-order valence-corrected chi connectivity index (χ4v) is 5.28. The molecule has 3 aromatic carbocycles.